The predicted molar refractivity (Wildman–Crippen MR) is 89.9 cm³/mol. The van der Waals surface area contributed by atoms with Gasteiger partial charge in [-0.2, -0.15) is 0 Å². The Kier molecular flexibility index (Phi) is 6.45. The van der Waals surface area contributed by atoms with Gasteiger partial charge in [-0.1, -0.05) is 39.5 Å². The number of rotatable bonds is 8. The van der Waals surface area contributed by atoms with Gasteiger partial charge in [0.05, 0.1) is 11.5 Å². The fourth-order valence-electron chi connectivity index (χ4n) is 4.10. The van der Waals surface area contributed by atoms with Crippen molar-refractivity contribution in [2.45, 2.75) is 83.3 Å². The molecule has 1 aliphatic heterocycles. The average Bonchev–Trinajstić information content (AvgIpc) is 3.14. The highest BCUT2D eigenvalue weighted by atomic mass is 16.3. The molecule has 23 heavy (non-hydrogen) atoms. The van der Waals surface area contributed by atoms with Gasteiger partial charge in [-0.3, -0.25) is 9.59 Å². The van der Waals surface area contributed by atoms with Crippen molar-refractivity contribution in [3.63, 3.8) is 0 Å². The molecule has 2 fully saturated rings. The Balaban J connectivity index is 1.85. The molecule has 132 valence electrons. The Morgan fingerprint density at radius 1 is 1.26 bits per heavy atom. The molecule has 2 rings (SSSR count). The minimum absolute atomic E-state index is 0.0792. The van der Waals surface area contributed by atoms with Gasteiger partial charge in [0, 0.05) is 25.6 Å². The van der Waals surface area contributed by atoms with Gasteiger partial charge >= 0.3 is 0 Å². The van der Waals surface area contributed by atoms with E-state index >= 15 is 0 Å². The molecule has 0 bridgehead atoms. The van der Waals surface area contributed by atoms with Gasteiger partial charge in [0.1, 0.15) is 0 Å². The molecule has 0 spiro atoms. The van der Waals surface area contributed by atoms with E-state index in [0.717, 1.165) is 25.7 Å². The number of nitrogens with one attached hydrogen (secondary N) is 1. The lowest BCUT2D eigenvalue weighted by Crippen LogP contribution is -2.45. The average molecular weight is 324 g/mol. The smallest absolute Gasteiger partial charge is 0.225 e. The monoisotopic (exact) mass is 324 g/mol. The van der Waals surface area contributed by atoms with Crippen LogP contribution in [0.3, 0.4) is 0 Å². The SMILES string of the molecule is CCCC(O)(CCC)CNC(=O)C1CC(=O)N(C2CCCC2)C1. The zero-order valence-corrected chi connectivity index (χ0v) is 14.6. The van der Waals surface area contributed by atoms with Gasteiger partial charge in [0.2, 0.25) is 11.8 Å². The Morgan fingerprint density at radius 3 is 2.43 bits per heavy atom. The number of hydrogen-bond donors (Lipinski definition) is 2. The molecule has 1 aliphatic carbocycles. The van der Waals surface area contributed by atoms with Gasteiger partial charge in [-0.15, -0.1) is 0 Å². The van der Waals surface area contributed by atoms with Gasteiger partial charge < -0.3 is 15.3 Å². The second-order valence-corrected chi connectivity index (χ2v) is 7.33. The molecule has 2 aliphatic rings. The first-order chi connectivity index (χ1) is 11.0. The van der Waals surface area contributed by atoms with E-state index in [4.69, 9.17) is 0 Å². The maximum Gasteiger partial charge on any atom is 0.225 e. The highest BCUT2D eigenvalue weighted by molar-refractivity contribution is 5.89. The summed E-state index contributed by atoms with van der Waals surface area (Å²) in [6.07, 6.45) is 8.02. The summed E-state index contributed by atoms with van der Waals surface area (Å²) in [4.78, 5) is 26.5. The number of amides is 2. The van der Waals surface area contributed by atoms with E-state index < -0.39 is 5.60 Å². The lowest BCUT2D eigenvalue weighted by Gasteiger charge is -2.28. The molecule has 1 saturated carbocycles. The number of aliphatic hydroxyl groups is 1. The first kappa shape index (κ1) is 18.2. The van der Waals surface area contributed by atoms with Crippen LogP contribution in [0.5, 0.6) is 0 Å². The van der Waals surface area contributed by atoms with Gasteiger partial charge in [0.15, 0.2) is 0 Å². The van der Waals surface area contributed by atoms with E-state index in [9.17, 15) is 14.7 Å². The lowest BCUT2D eigenvalue weighted by atomic mass is 9.92. The highest BCUT2D eigenvalue weighted by Gasteiger charge is 2.39. The van der Waals surface area contributed by atoms with Crippen LogP contribution >= 0.6 is 0 Å². The summed E-state index contributed by atoms with van der Waals surface area (Å²) in [7, 11) is 0. The standard InChI is InChI=1S/C18H32N2O3/c1-3-9-18(23,10-4-2)13-19-17(22)14-11-16(21)20(12-14)15-7-5-6-8-15/h14-15,23H,3-13H2,1-2H3,(H,19,22). The van der Waals surface area contributed by atoms with E-state index in [1.165, 1.54) is 12.8 Å². The van der Waals surface area contributed by atoms with Crippen molar-refractivity contribution in [1.82, 2.24) is 10.2 Å². The van der Waals surface area contributed by atoms with Crippen LogP contribution < -0.4 is 5.32 Å². The Bertz CT molecular complexity index is 412. The van der Waals surface area contributed by atoms with Crippen LogP contribution in [0.1, 0.15) is 71.6 Å². The summed E-state index contributed by atoms with van der Waals surface area (Å²) in [6, 6.07) is 0.345. The third kappa shape index (κ3) is 4.69. The molecule has 5 nitrogen and oxygen atoms in total. The topological polar surface area (TPSA) is 69.6 Å². The maximum absolute atomic E-state index is 12.4. The first-order valence-electron chi connectivity index (χ1n) is 9.28. The third-order valence-corrected chi connectivity index (χ3v) is 5.32. The van der Waals surface area contributed by atoms with E-state index in [0.29, 0.717) is 38.4 Å². The molecule has 0 aromatic heterocycles. The van der Waals surface area contributed by atoms with E-state index in [-0.39, 0.29) is 17.7 Å². The van der Waals surface area contributed by atoms with E-state index in [1.54, 1.807) is 0 Å². The largest absolute Gasteiger partial charge is 0.388 e. The molecule has 0 aromatic rings. The predicted octanol–water partition coefficient (Wildman–Crippen LogP) is 2.22. The molecule has 5 heteroatoms. The van der Waals surface area contributed by atoms with Crippen molar-refractivity contribution in [3.05, 3.63) is 0 Å². The molecular weight excluding hydrogens is 292 g/mol. The fourth-order valence-corrected chi connectivity index (χ4v) is 4.10. The van der Waals surface area contributed by atoms with Crippen molar-refractivity contribution in [2.24, 2.45) is 5.92 Å². The van der Waals surface area contributed by atoms with Gasteiger partial charge in [0.25, 0.3) is 0 Å². The number of carbonyl (C=O) groups is 2. The van der Waals surface area contributed by atoms with Gasteiger partial charge in [-0.25, -0.2) is 0 Å². The molecule has 1 atom stereocenters. The number of carbonyl (C=O) groups excluding carboxylic acids is 2. The molecular formula is C18H32N2O3. The van der Waals surface area contributed by atoms with Crippen LogP contribution in [0.25, 0.3) is 0 Å². The number of hydrogen-bond acceptors (Lipinski definition) is 3. The third-order valence-electron chi connectivity index (χ3n) is 5.32. The Labute approximate surface area is 139 Å². The zero-order chi connectivity index (χ0) is 16.9. The molecule has 2 N–H and O–H groups in total. The molecule has 2 amide bonds. The summed E-state index contributed by atoms with van der Waals surface area (Å²) in [5, 5.41) is 13.5. The van der Waals surface area contributed by atoms with E-state index in [1.807, 2.05) is 18.7 Å². The summed E-state index contributed by atoms with van der Waals surface area (Å²) in [5.41, 5.74) is -0.813. The van der Waals surface area contributed by atoms with Crippen LogP contribution in [0.2, 0.25) is 0 Å². The van der Waals surface area contributed by atoms with Crippen molar-refractivity contribution in [1.29, 1.82) is 0 Å². The quantitative estimate of drug-likeness (QED) is 0.719. The van der Waals surface area contributed by atoms with Crippen LogP contribution in [0.4, 0.5) is 0 Å². The minimum Gasteiger partial charge on any atom is -0.388 e. The molecule has 1 heterocycles. The van der Waals surface area contributed by atoms with Crippen molar-refractivity contribution in [2.75, 3.05) is 13.1 Å². The molecule has 1 saturated heterocycles. The maximum atomic E-state index is 12.4. The van der Waals surface area contributed by atoms with Crippen LogP contribution in [0.15, 0.2) is 0 Å². The second-order valence-electron chi connectivity index (χ2n) is 7.33. The number of nitrogens with zero attached hydrogens (tertiary/aromatic N) is 1. The Hall–Kier alpha value is -1.10. The van der Waals surface area contributed by atoms with E-state index in [2.05, 4.69) is 5.32 Å². The second kappa shape index (κ2) is 8.13. The Morgan fingerprint density at radius 2 is 1.87 bits per heavy atom. The normalized spacial score (nSPS) is 22.8. The minimum atomic E-state index is -0.813. The fraction of sp³-hybridized carbons (Fsp3) is 0.889. The van der Waals surface area contributed by atoms with Crippen molar-refractivity contribution in [3.8, 4) is 0 Å². The first-order valence-corrected chi connectivity index (χ1v) is 9.28. The lowest BCUT2D eigenvalue weighted by molar-refractivity contribution is -0.130. The van der Waals surface area contributed by atoms with Crippen molar-refractivity contribution < 1.29 is 14.7 Å². The zero-order valence-electron chi connectivity index (χ0n) is 14.6. The molecule has 0 aromatic carbocycles. The van der Waals surface area contributed by atoms with Crippen molar-refractivity contribution >= 4 is 11.8 Å². The molecule has 0 radical (unpaired) electrons. The summed E-state index contributed by atoms with van der Waals surface area (Å²) < 4.78 is 0. The summed E-state index contributed by atoms with van der Waals surface area (Å²) in [6.45, 7) is 4.92. The van der Waals surface area contributed by atoms with Crippen LogP contribution in [0, 0.1) is 5.92 Å². The van der Waals surface area contributed by atoms with Crippen LogP contribution in [-0.4, -0.2) is 46.6 Å². The van der Waals surface area contributed by atoms with Crippen LogP contribution in [-0.2, 0) is 9.59 Å². The number of likely N-dealkylation sites (tertiary alicyclic amines) is 1. The summed E-state index contributed by atoms with van der Waals surface area (Å²) >= 11 is 0. The summed E-state index contributed by atoms with van der Waals surface area (Å²) in [5.74, 6) is -0.213. The molecule has 1 unspecified atom stereocenters. The highest BCUT2D eigenvalue weighted by Crippen LogP contribution is 2.29. The van der Waals surface area contributed by atoms with Gasteiger partial charge in [-0.05, 0) is 25.7 Å².